The smallest absolute Gasteiger partial charge is 0.321 e. The van der Waals surface area contributed by atoms with Gasteiger partial charge in [-0.1, -0.05) is 170 Å². The highest BCUT2D eigenvalue weighted by Gasteiger charge is 2.37. The predicted molar refractivity (Wildman–Crippen MR) is 228 cm³/mol. The van der Waals surface area contributed by atoms with Gasteiger partial charge >= 0.3 is 15.2 Å². The zero-order valence-corrected chi connectivity index (χ0v) is 32.3. The summed E-state index contributed by atoms with van der Waals surface area (Å²) in [6.45, 7) is 0. The number of hydrogen-bond acceptors (Lipinski definition) is 2. The molecule has 0 saturated heterocycles. The highest BCUT2D eigenvalue weighted by atomic mass is 31.2. The van der Waals surface area contributed by atoms with E-state index in [1.165, 1.54) is 0 Å². The molecule has 4 N–H and O–H groups in total. The van der Waals surface area contributed by atoms with Gasteiger partial charge in [-0.2, -0.15) is 0 Å². The Kier molecular flexibility index (Phi) is 10.1. The highest BCUT2D eigenvalue weighted by Crippen LogP contribution is 2.50. The van der Waals surface area contributed by atoms with E-state index >= 15 is 0 Å². The number of rotatable bonds is 9. The normalized spacial score (nSPS) is 12.2. The van der Waals surface area contributed by atoms with Crippen LogP contribution in [0.4, 0.5) is 0 Å². The van der Waals surface area contributed by atoms with Gasteiger partial charge in [0.1, 0.15) is 0 Å². The largest absolute Gasteiger partial charge is 0.356 e. The van der Waals surface area contributed by atoms with E-state index in [9.17, 15) is 28.7 Å². The molecule has 8 aromatic rings. The van der Waals surface area contributed by atoms with Gasteiger partial charge in [0, 0.05) is 21.7 Å². The molecular weight excluding hydrogens is 748 g/mol. The fraction of sp³-hybridized carbons (Fsp3) is 0. The van der Waals surface area contributed by atoms with Crippen LogP contribution in [-0.2, 0) is 9.13 Å². The molecule has 0 unspecified atom stereocenters. The van der Waals surface area contributed by atoms with Crippen LogP contribution in [0.1, 0.15) is 0 Å². The topological polar surface area (TPSA) is 115 Å². The van der Waals surface area contributed by atoms with Crippen LogP contribution in [0.2, 0.25) is 0 Å². The third-order valence-electron chi connectivity index (χ3n) is 9.39. The van der Waals surface area contributed by atoms with Crippen molar-refractivity contribution in [2.45, 2.75) is 0 Å². The molecule has 266 valence electrons. The molecule has 10 heteroatoms. The maximum Gasteiger partial charge on any atom is 0.356 e. The van der Waals surface area contributed by atoms with Gasteiger partial charge in [0.2, 0.25) is 0 Å². The van der Waals surface area contributed by atoms with Crippen LogP contribution in [0.25, 0.3) is 32.7 Å². The summed E-state index contributed by atoms with van der Waals surface area (Å²) in [5.41, 5.74) is 1.09. The van der Waals surface area contributed by atoms with Crippen molar-refractivity contribution in [3.63, 3.8) is 0 Å². The van der Waals surface area contributed by atoms with Crippen molar-refractivity contribution in [1.82, 2.24) is 0 Å². The minimum Gasteiger partial charge on any atom is -0.321 e. The van der Waals surface area contributed by atoms with Crippen LogP contribution in [0, 0.1) is 0 Å². The van der Waals surface area contributed by atoms with Gasteiger partial charge < -0.3 is 19.6 Å². The number of hydrogen-bond donors (Lipinski definition) is 4. The van der Waals surface area contributed by atoms with E-state index in [0.29, 0.717) is 32.5 Å². The first-order valence-corrected chi connectivity index (χ1v) is 23.1. The predicted octanol–water partition coefficient (Wildman–Crippen LogP) is 6.78. The van der Waals surface area contributed by atoms with Crippen molar-refractivity contribution in [3.8, 4) is 11.1 Å². The monoisotopic (exact) mass is 782 g/mol. The second-order valence-electron chi connectivity index (χ2n) is 12.8. The fourth-order valence-electron chi connectivity index (χ4n) is 7.17. The van der Waals surface area contributed by atoms with E-state index < -0.39 is 31.0 Å². The Bertz CT molecular complexity index is 2450. The summed E-state index contributed by atoms with van der Waals surface area (Å²) in [7, 11) is -13.3. The third kappa shape index (κ3) is 6.94. The zero-order chi connectivity index (χ0) is 37.5. The SMILES string of the molecule is O=P(O)(O)c1cc2ccccc2c(-c2c(P(c3ccccc3)c3ccccc3)c(P(=O)(O)O)cc3ccccc23)c1P(c1ccccc1)c1ccccc1. The van der Waals surface area contributed by atoms with Crippen LogP contribution in [0.15, 0.2) is 182 Å². The molecule has 0 fully saturated rings. The van der Waals surface area contributed by atoms with Crippen LogP contribution < -0.4 is 42.4 Å². The van der Waals surface area contributed by atoms with Crippen molar-refractivity contribution in [2.75, 3.05) is 0 Å². The molecule has 0 heterocycles. The van der Waals surface area contributed by atoms with Gasteiger partial charge in [-0.3, -0.25) is 9.13 Å². The first kappa shape index (κ1) is 36.4. The van der Waals surface area contributed by atoms with Crippen LogP contribution in [-0.4, -0.2) is 19.6 Å². The van der Waals surface area contributed by atoms with E-state index in [-0.39, 0.29) is 10.6 Å². The van der Waals surface area contributed by atoms with Gasteiger partial charge in [0.15, 0.2) is 0 Å². The Balaban J connectivity index is 1.68. The van der Waals surface area contributed by atoms with E-state index in [1.54, 1.807) is 12.1 Å². The molecule has 0 atom stereocenters. The maximum absolute atomic E-state index is 14.0. The minimum atomic E-state index is -4.99. The molecule has 0 aliphatic rings. The van der Waals surface area contributed by atoms with Gasteiger partial charge in [0.05, 0.1) is 10.6 Å². The number of benzene rings is 8. The standard InChI is InChI=1S/C44H34O6P4/c45-53(46,47)39-29-31-17-13-15-27-37(31)41(43(39)51(33-19-5-1-6-20-33)34-21-7-2-8-22-34)42-38-28-16-14-18-32(38)30-40(54(48,49)50)44(42)52(35-23-9-3-10-24-35)36-25-11-4-12-26-36/h1-30H,(H2,45,46,47)(H2,48,49,50). The Morgan fingerprint density at radius 1 is 0.352 bits per heavy atom. The van der Waals surface area contributed by atoms with Crippen LogP contribution in [0.5, 0.6) is 0 Å². The summed E-state index contributed by atoms with van der Waals surface area (Å²) in [4.78, 5) is 45.5. The lowest BCUT2D eigenvalue weighted by molar-refractivity contribution is 0.385. The lowest BCUT2D eigenvalue weighted by Crippen LogP contribution is -2.37. The molecule has 0 bridgehead atoms. The molecule has 8 rings (SSSR count). The van der Waals surface area contributed by atoms with Gasteiger partial charge in [-0.15, -0.1) is 0 Å². The molecule has 8 aromatic carbocycles. The average molecular weight is 783 g/mol. The molecule has 0 saturated carbocycles. The first-order valence-electron chi connectivity index (χ1n) is 17.2. The van der Waals surface area contributed by atoms with Crippen molar-refractivity contribution in [1.29, 1.82) is 0 Å². The lowest BCUT2D eigenvalue weighted by Gasteiger charge is -2.31. The minimum absolute atomic E-state index is 0.115. The zero-order valence-electron chi connectivity index (χ0n) is 28.7. The molecule has 0 radical (unpaired) electrons. The molecule has 0 aromatic heterocycles. The molecule has 6 nitrogen and oxygen atoms in total. The van der Waals surface area contributed by atoms with Crippen LogP contribution in [0.3, 0.4) is 0 Å². The lowest BCUT2D eigenvalue weighted by atomic mass is 9.93. The van der Waals surface area contributed by atoms with Crippen LogP contribution >= 0.6 is 31.0 Å². The molecule has 0 aliphatic heterocycles. The Morgan fingerprint density at radius 2 is 0.611 bits per heavy atom. The average Bonchev–Trinajstić information content (AvgIpc) is 3.18. The van der Waals surface area contributed by atoms with Crippen molar-refractivity contribution in [2.24, 2.45) is 0 Å². The van der Waals surface area contributed by atoms with E-state index in [2.05, 4.69) is 0 Å². The second kappa shape index (κ2) is 14.9. The van der Waals surface area contributed by atoms with E-state index in [1.807, 2.05) is 170 Å². The highest BCUT2D eigenvalue weighted by molar-refractivity contribution is 7.82. The first-order chi connectivity index (χ1) is 26.1. The quantitative estimate of drug-likeness (QED) is 0.120. The van der Waals surface area contributed by atoms with Crippen molar-refractivity contribution >= 4 is 95.0 Å². The van der Waals surface area contributed by atoms with Gasteiger partial charge in [-0.05, 0) is 70.7 Å². The van der Waals surface area contributed by atoms with E-state index in [4.69, 9.17) is 0 Å². The summed E-state index contributed by atoms with van der Waals surface area (Å²) < 4.78 is 28.0. The van der Waals surface area contributed by atoms with Gasteiger partial charge in [-0.25, -0.2) is 0 Å². The molecule has 0 amide bonds. The molecule has 54 heavy (non-hydrogen) atoms. The fourth-order valence-corrected chi connectivity index (χ4v) is 15.0. The summed E-state index contributed by atoms with van der Waals surface area (Å²) in [6.07, 6.45) is 0. The molecule has 0 aliphatic carbocycles. The Morgan fingerprint density at radius 3 is 0.889 bits per heavy atom. The number of fused-ring (bicyclic) bond motifs is 2. The Labute approximate surface area is 315 Å². The van der Waals surface area contributed by atoms with E-state index in [0.717, 1.165) is 32.0 Å². The van der Waals surface area contributed by atoms with Gasteiger partial charge in [0.25, 0.3) is 0 Å². The summed E-state index contributed by atoms with van der Waals surface area (Å²) >= 11 is 0. The Hall–Kier alpha value is -4.56. The molecule has 0 spiro atoms. The summed E-state index contributed by atoms with van der Waals surface area (Å²) in [5, 5.41) is 6.78. The van der Waals surface area contributed by atoms with Crippen molar-refractivity contribution in [3.05, 3.63) is 182 Å². The maximum atomic E-state index is 14.0. The summed E-state index contributed by atoms with van der Waals surface area (Å²) in [5.74, 6) is 0. The second-order valence-corrected chi connectivity index (χ2v) is 20.2. The third-order valence-corrected chi connectivity index (χ3v) is 16.8. The van der Waals surface area contributed by atoms with Crippen molar-refractivity contribution < 1.29 is 28.7 Å². The summed E-state index contributed by atoms with van der Waals surface area (Å²) in [6, 6.07) is 57.1. The molecular formula is C44H34O6P4.